The molecule has 0 aliphatic rings. The van der Waals surface area contributed by atoms with E-state index >= 15 is 0 Å². The lowest BCUT2D eigenvalue weighted by Crippen LogP contribution is -2.23. The van der Waals surface area contributed by atoms with Crippen LogP contribution in [-0.2, 0) is 10.0 Å². The van der Waals surface area contributed by atoms with Crippen molar-refractivity contribution in [3.05, 3.63) is 24.3 Å². The molecule has 0 aliphatic heterocycles. The molecule has 4 nitrogen and oxygen atoms in total. The van der Waals surface area contributed by atoms with Crippen molar-refractivity contribution in [3.8, 4) is 0 Å². The molecule has 0 aromatic heterocycles. The number of nitrogens with one attached hydrogen (secondary N) is 1. The summed E-state index contributed by atoms with van der Waals surface area (Å²) < 4.78 is 25.4. The Kier molecular flexibility index (Phi) is 5.30. The SMILES string of the molecule is CSCCNc1ccccc1S(=O)(=O)N(C)C. The maximum absolute atomic E-state index is 12.1. The lowest BCUT2D eigenvalue weighted by molar-refractivity contribution is 0.521. The number of nitrogens with zero attached hydrogens (tertiary/aromatic N) is 1. The number of hydrogen-bond acceptors (Lipinski definition) is 4. The fourth-order valence-corrected chi connectivity index (χ4v) is 2.69. The molecule has 0 unspecified atom stereocenters. The van der Waals surface area contributed by atoms with Crippen molar-refractivity contribution >= 4 is 27.5 Å². The van der Waals surface area contributed by atoms with Crippen LogP contribution < -0.4 is 5.32 Å². The number of thioether (sulfide) groups is 1. The van der Waals surface area contributed by atoms with Gasteiger partial charge in [-0.25, -0.2) is 12.7 Å². The van der Waals surface area contributed by atoms with Crippen LogP contribution in [0.1, 0.15) is 0 Å². The van der Waals surface area contributed by atoms with Crippen LogP contribution >= 0.6 is 11.8 Å². The topological polar surface area (TPSA) is 49.4 Å². The van der Waals surface area contributed by atoms with Gasteiger partial charge in [0.2, 0.25) is 10.0 Å². The summed E-state index contributed by atoms with van der Waals surface area (Å²) in [5.41, 5.74) is 0.662. The molecule has 0 fully saturated rings. The average molecular weight is 274 g/mol. The Morgan fingerprint density at radius 2 is 1.94 bits per heavy atom. The van der Waals surface area contributed by atoms with Gasteiger partial charge in [-0.15, -0.1) is 0 Å². The summed E-state index contributed by atoms with van der Waals surface area (Å²) in [4.78, 5) is 0.325. The zero-order valence-corrected chi connectivity index (χ0v) is 11.9. The van der Waals surface area contributed by atoms with Gasteiger partial charge >= 0.3 is 0 Å². The second-order valence-corrected chi connectivity index (χ2v) is 6.81. The first-order valence-corrected chi connectivity index (χ1v) is 8.08. The summed E-state index contributed by atoms with van der Waals surface area (Å²) in [7, 11) is -0.309. The fourth-order valence-electron chi connectivity index (χ4n) is 1.32. The molecule has 0 bridgehead atoms. The lowest BCUT2D eigenvalue weighted by Gasteiger charge is -2.15. The highest BCUT2D eigenvalue weighted by Gasteiger charge is 2.20. The number of rotatable bonds is 6. The van der Waals surface area contributed by atoms with Crippen molar-refractivity contribution in [2.24, 2.45) is 0 Å². The molecule has 0 saturated heterocycles. The first kappa shape index (κ1) is 14.3. The number of anilines is 1. The van der Waals surface area contributed by atoms with Gasteiger partial charge in [-0.05, 0) is 18.4 Å². The van der Waals surface area contributed by atoms with E-state index in [1.54, 1.807) is 30.0 Å². The molecule has 6 heteroatoms. The van der Waals surface area contributed by atoms with Crippen molar-refractivity contribution in [1.82, 2.24) is 4.31 Å². The van der Waals surface area contributed by atoms with E-state index < -0.39 is 10.0 Å². The van der Waals surface area contributed by atoms with E-state index in [1.807, 2.05) is 12.3 Å². The van der Waals surface area contributed by atoms with E-state index in [2.05, 4.69) is 5.32 Å². The largest absolute Gasteiger partial charge is 0.383 e. The van der Waals surface area contributed by atoms with Gasteiger partial charge in [0, 0.05) is 26.4 Å². The Hall–Kier alpha value is -0.720. The molecule has 1 aromatic carbocycles. The number of hydrogen-bond donors (Lipinski definition) is 1. The maximum Gasteiger partial charge on any atom is 0.244 e. The van der Waals surface area contributed by atoms with Crippen LogP contribution in [-0.4, -0.2) is 45.4 Å². The van der Waals surface area contributed by atoms with Crippen LogP contribution in [0.5, 0.6) is 0 Å². The third-order valence-electron chi connectivity index (χ3n) is 2.27. The third-order valence-corrected chi connectivity index (χ3v) is 4.75. The Labute approximate surface area is 107 Å². The van der Waals surface area contributed by atoms with Crippen molar-refractivity contribution in [3.63, 3.8) is 0 Å². The Bertz CT molecular complexity index is 458. The van der Waals surface area contributed by atoms with Gasteiger partial charge in [0.05, 0.1) is 5.69 Å². The van der Waals surface area contributed by atoms with Crippen molar-refractivity contribution in [1.29, 1.82) is 0 Å². The molecule has 0 saturated carbocycles. The van der Waals surface area contributed by atoms with Gasteiger partial charge in [-0.3, -0.25) is 0 Å². The van der Waals surface area contributed by atoms with Crippen molar-refractivity contribution in [2.75, 3.05) is 38.0 Å². The van der Waals surface area contributed by atoms with Crippen LogP contribution in [0.4, 0.5) is 5.69 Å². The normalized spacial score (nSPS) is 11.8. The minimum absolute atomic E-state index is 0.325. The first-order valence-electron chi connectivity index (χ1n) is 5.24. The van der Waals surface area contributed by atoms with E-state index in [0.29, 0.717) is 10.6 Å². The summed E-state index contributed by atoms with van der Waals surface area (Å²) in [6.07, 6.45) is 2.02. The van der Waals surface area contributed by atoms with Gasteiger partial charge in [0.15, 0.2) is 0 Å². The van der Waals surface area contributed by atoms with Crippen LogP contribution in [0, 0.1) is 0 Å². The van der Waals surface area contributed by atoms with E-state index in [-0.39, 0.29) is 0 Å². The molecule has 0 atom stereocenters. The van der Waals surface area contributed by atoms with E-state index in [4.69, 9.17) is 0 Å². The maximum atomic E-state index is 12.1. The summed E-state index contributed by atoms with van der Waals surface area (Å²) >= 11 is 1.72. The molecule has 96 valence electrons. The fraction of sp³-hybridized carbons (Fsp3) is 0.455. The zero-order valence-electron chi connectivity index (χ0n) is 10.3. The smallest absolute Gasteiger partial charge is 0.244 e. The predicted molar refractivity (Wildman–Crippen MR) is 74.2 cm³/mol. The molecule has 1 aromatic rings. The molecule has 0 heterocycles. The molecule has 0 amide bonds. The van der Waals surface area contributed by atoms with Gasteiger partial charge in [-0.2, -0.15) is 11.8 Å². The molecule has 1 rings (SSSR count). The molecule has 0 spiro atoms. The number of benzene rings is 1. The second kappa shape index (κ2) is 6.28. The molecular formula is C11H18N2O2S2. The van der Waals surface area contributed by atoms with Crippen molar-refractivity contribution in [2.45, 2.75) is 4.90 Å². The van der Waals surface area contributed by atoms with Crippen LogP contribution in [0.15, 0.2) is 29.2 Å². The van der Waals surface area contributed by atoms with Gasteiger partial charge < -0.3 is 5.32 Å². The lowest BCUT2D eigenvalue weighted by atomic mass is 10.3. The third kappa shape index (κ3) is 3.62. The zero-order chi connectivity index (χ0) is 12.9. The summed E-state index contributed by atoms with van der Waals surface area (Å²) in [6, 6.07) is 6.97. The summed E-state index contributed by atoms with van der Waals surface area (Å²) in [6.45, 7) is 0.751. The Balaban J connectivity index is 3.00. The molecule has 17 heavy (non-hydrogen) atoms. The second-order valence-electron chi connectivity index (χ2n) is 3.70. The van der Waals surface area contributed by atoms with Gasteiger partial charge in [0.25, 0.3) is 0 Å². The Morgan fingerprint density at radius 1 is 1.29 bits per heavy atom. The number of para-hydroxylation sites is 1. The number of sulfonamides is 1. The Morgan fingerprint density at radius 3 is 2.53 bits per heavy atom. The highest BCUT2D eigenvalue weighted by Crippen LogP contribution is 2.22. The van der Waals surface area contributed by atoms with E-state index in [1.165, 1.54) is 18.4 Å². The highest BCUT2D eigenvalue weighted by molar-refractivity contribution is 7.98. The molecule has 0 aliphatic carbocycles. The van der Waals surface area contributed by atoms with Crippen LogP contribution in [0.2, 0.25) is 0 Å². The van der Waals surface area contributed by atoms with Gasteiger partial charge in [0.1, 0.15) is 4.90 Å². The van der Waals surface area contributed by atoms with E-state index in [0.717, 1.165) is 12.3 Å². The summed E-state index contributed by atoms with van der Waals surface area (Å²) in [5.74, 6) is 0.941. The van der Waals surface area contributed by atoms with Crippen molar-refractivity contribution < 1.29 is 8.42 Å². The average Bonchev–Trinajstić information content (AvgIpc) is 2.29. The molecule has 0 radical (unpaired) electrons. The quantitative estimate of drug-likeness (QED) is 0.802. The summed E-state index contributed by atoms with van der Waals surface area (Å²) in [5, 5.41) is 3.15. The van der Waals surface area contributed by atoms with Crippen LogP contribution in [0.25, 0.3) is 0 Å². The standard InChI is InChI=1S/C11H18N2O2S2/c1-13(2)17(14,15)11-7-5-4-6-10(11)12-8-9-16-3/h4-7,12H,8-9H2,1-3H3. The minimum atomic E-state index is -3.38. The highest BCUT2D eigenvalue weighted by atomic mass is 32.2. The monoisotopic (exact) mass is 274 g/mol. The van der Waals surface area contributed by atoms with Crippen LogP contribution in [0.3, 0.4) is 0 Å². The van der Waals surface area contributed by atoms with E-state index in [9.17, 15) is 8.42 Å². The predicted octanol–water partition coefficient (Wildman–Crippen LogP) is 1.71. The van der Waals surface area contributed by atoms with Gasteiger partial charge in [-0.1, -0.05) is 12.1 Å². The first-order chi connectivity index (χ1) is 8.00. The molecular weight excluding hydrogens is 256 g/mol. The minimum Gasteiger partial charge on any atom is -0.383 e. The molecule has 1 N–H and O–H groups in total.